The van der Waals surface area contributed by atoms with E-state index in [1.54, 1.807) is 69.3 Å². The number of benzene rings is 3. The van der Waals surface area contributed by atoms with Gasteiger partial charge in [0.2, 0.25) is 20.0 Å². The lowest BCUT2D eigenvalue weighted by molar-refractivity contribution is 0.0292. The summed E-state index contributed by atoms with van der Waals surface area (Å²) >= 11 is 1.95. The number of carbonyl (C=O) groups excluding carboxylic acids is 1. The van der Waals surface area contributed by atoms with Crippen molar-refractivity contribution in [3.05, 3.63) is 80.9 Å². The number of carbonyl (C=O) groups is 1. The van der Waals surface area contributed by atoms with Crippen LogP contribution in [0.3, 0.4) is 0 Å². The average molecular weight is 839 g/mol. The van der Waals surface area contributed by atoms with Crippen molar-refractivity contribution in [2.75, 3.05) is 34.0 Å². The van der Waals surface area contributed by atoms with E-state index < -0.39 is 47.6 Å². The summed E-state index contributed by atoms with van der Waals surface area (Å²) < 4.78 is 79.0. The number of amidine groups is 1. The summed E-state index contributed by atoms with van der Waals surface area (Å²) in [4.78, 5) is 17.5. The molecule has 14 nitrogen and oxygen atoms in total. The molecule has 0 unspecified atom stereocenters. The first-order chi connectivity index (χ1) is 23.6. The predicted molar refractivity (Wildman–Crippen MR) is 194 cm³/mol. The fraction of sp³-hybridized carbons (Fsp3) is 0.394. The van der Waals surface area contributed by atoms with Crippen LogP contribution in [0.1, 0.15) is 43.9 Å². The van der Waals surface area contributed by atoms with Crippen molar-refractivity contribution >= 4 is 54.6 Å². The number of hydrogen-bond donors (Lipinski definition) is 1. The Kier molecular flexibility index (Phi) is 11.5. The molecule has 2 aliphatic heterocycles. The summed E-state index contributed by atoms with van der Waals surface area (Å²) in [6, 6.07) is 16.0. The zero-order chi connectivity index (χ0) is 36.3. The Hall–Kier alpha value is -3.65. The van der Waals surface area contributed by atoms with Crippen LogP contribution in [-0.4, -0.2) is 83.6 Å². The van der Waals surface area contributed by atoms with Crippen LogP contribution >= 0.6 is 22.6 Å². The Morgan fingerprint density at radius 2 is 1.52 bits per heavy atom. The maximum atomic E-state index is 15.1. The van der Waals surface area contributed by atoms with E-state index in [0.29, 0.717) is 32.6 Å². The fourth-order valence-electron chi connectivity index (χ4n) is 5.43. The Bertz CT molecular complexity index is 1950. The van der Waals surface area contributed by atoms with Crippen molar-refractivity contribution in [1.82, 2.24) is 13.9 Å². The molecule has 5 rings (SSSR count). The number of nitrogens with one attached hydrogen (secondary N) is 1. The number of amides is 1. The van der Waals surface area contributed by atoms with E-state index in [9.17, 15) is 13.2 Å². The topological polar surface area (TPSA) is 169 Å². The molecule has 2 aliphatic rings. The molecule has 17 heteroatoms. The third kappa shape index (κ3) is 8.79. The molecule has 0 spiro atoms. The van der Waals surface area contributed by atoms with Crippen molar-refractivity contribution in [2.45, 2.75) is 61.7 Å². The maximum absolute atomic E-state index is 15.1. The zero-order valence-electron chi connectivity index (χ0n) is 28.3. The lowest BCUT2D eigenvalue weighted by Gasteiger charge is -2.26. The molecule has 0 bridgehead atoms. The van der Waals surface area contributed by atoms with Gasteiger partial charge in [0.05, 0.1) is 19.8 Å². The monoisotopic (exact) mass is 838 g/mol. The van der Waals surface area contributed by atoms with Gasteiger partial charge in [-0.3, -0.25) is 0 Å². The average Bonchev–Trinajstić information content (AvgIpc) is 3.77. The first-order valence-corrected chi connectivity index (χ1v) is 19.6. The Balaban J connectivity index is 1.59. The molecule has 50 heavy (non-hydrogen) atoms. The van der Waals surface area contributed by atoms with Crippen LogP contribution in [0.5, 0.6) is 11.5 Å². The Morgan fingerprint density at radius 1 is 0.940 bits per heavy atom. The van der Waals surface area contributed by atoms with Gasteiger partial charge in [0, 0.05) is 35.8 Å². The lowest BCUT2D eigenvalue weighted by atomic mass is 10.2. The first-order valence-electron chi connectivity index (χ1n) is 15.6. The van der Waals surface area contributed by atoms with Crippen LogP contribution < -0.4 is 14.2 Å². The second-order valence-corrected chi connectivity index (χ2v) is 17.3. The van der Waals surface area contributed by atoms with Gasteiger partial charge in [-0.15, -0.1) is 5.11 Å². The van der Waals surface area contributed by atoms with E-state index in [-0.39, 0.29) is 44.2 Å². The van der Waals surface area contributed by atoms with Crippen molar-refractivity contribution in [2.24, 2.45) is 15.2 Å². The summed E-state index contributed by atoms with van der Waals surface area (Å²) in [5, 5.41) is 7.99. The van der Waals surface area contributed by atoms with Crippen LogP contribution in [0.25, 0.3) is 0 Å². The molecule has 1 N–H and O–H groups in total. The van der Waals surface area contributed by atoms with Gasteiger partial charge in [-0.1, -0.05) is 24.3 Å². The standard InChI is InChI=1S/C33H39IN6O8S2/c1-33(2,3)48-32(41)39-17-16-24(20-39)38-49(42,43)28-15-14-27(34)29(31-35-21-36-37-31)30(28)50(44,45)40(18-22-6-10-25(46-4)11-7-22)19-23-8-12-26(47-5)13-9-23/h6-15,24,38H,16-21H2,1-5H3/t24-/m1/s1. The van der Waals surface area contributed by atoms with Crippen molar-refractivity contribution in [3.63, 3.8) is 0 Å². The minimum absolute atomic E-state index is 0.0100. The number of nitrogens with zero attached hydrogens (tertiary/aromatic N) is 5. The molecule has 1 atom stereocenters. The highest BCUT2D eigenvalue weighted by Gasteiger charge is 2.39. The number of azo groups is 1. The van der Waals surface area contributed by atoms with Gasteiger partial charge in [-0.2, -0.15) is 9.42 Å². The van der Waals surface area contributed by atoms with Crippen LogP contribution in [0.15, 0.2) is 85.7 Å². The van der Waals surface area contributed by atoms with E-state index in [1.807, 2.05) is 22.6 Å². The number of likely N-dealkylation sites (tertiary alicyclic amines) is 1. The van der Waals surface area contributed by atoms with Crippen LogP contribution in [0, 0.1) is 3.57 Å². The molecular weight excluding hydrogens is 799 g/mol. The van der Waals surface area contributed by atoms with E-state index in [1.165, 1.54) is 35.6 Å². The van der Waals surface area contributed by atoms with Crippen LogP contribution in [-0.2, 0) is 37.9 Å². The molecule has 2 heterocycles. The second kappa shape index (κ2) is 15.3. The largest absolute Gasteiger partial charge is 0.497 e. The molecule has 0 aliphatic carbocycles. The molecular formula is C33H39IN6O8S2. The van der Waals surface area contributed by atoms with Gasteiger partial charge in [0.25, 0.3) is 0 Å². The highest BCUT2D eigenvalue weighted by molar-refractivity contribution is 14.1. The summed E-state index contributed by atoms with van der Waals surface area (Å²) in [5.74, 6) is 1.20. The van der Waals surface area contributed by atoms with Crippen LogP contribution in [0.4, 0.5) is 4.79 Å². The summed E-state index contributed by atoms with van der Waals surface area (Å²) in [6.45, 7) is 5.34. The number of methoxy groups -OCH3 is 2. The van der Waals surface area contributed by atoms with Gasteiger partial charge in [0.1, 0.15) is 26.9 Å². The minimum Gasteiger partial charge on any atom is -0.497 e. The molecule has 1 saturated heterocycles. The normalized spacial score (nSPS) is 16.5. The highest BCUT2D eigenvalue weighted by Crippen LogP contribution is 2.35. The van der Waals surface area contributed by atoms with Gasteiger partial charge in [-0.05, 0) is 97.3 Å². The number of halogens is 1. The first kappa shape index (κ1) is 37.6. The van der Waals surface area contributed by atoms with Crippen molar-refractivity contribution in [3.8, 4) is 11.5 Å². The number of hydrogen-bond acceptors (Lipinski definition) is 11. The molecule has 0 radical (unpaired) electrons. The van der Waals surface area contributed by atoms with Gasteiger partial charge < -0.3 is 19.1 Å². The summed E-state index contributed by atoms with van der Waals surface area (Å²) in [5.41, 5.74) is 0.595. The summed E-state index contributed by atoms with van der Waals surface area (Å²) in [6.07, 6.45) is -0.254. The van der Waals surface area contributed by atoms with E-state index >= 15 is 8.42 Å². The molecule has 0 aromatic heterocycles. The predicted octanol–water partition coefficient (Wildman–Crippen LogP) is 5.16. The SMILES string of the molecule is COc1ccc(CN(Cc2ccc(OC)cc2)S(=O)(=O)c2c(S(=O)(=O)N[C@@H]3CCN(C(=O)OC(C)(C)C)C3)ccc(I)c2C2=NCN=N2)cc1. The Labute approximate surface area is 306 Å². The second-order valence-electron chi connectivity index (χ2n) is 12.6. The Morgan fingerprint density at radius 3 is 2.02 bits per heavy atom. The molecule has 3 aromatic carbocycles. The number of rotatable bonds is 12. The van der Waals surface area contributed by atoms with Crippen molar-refractivity contribution in [1.29, 1.82) is 0 Å². The lowest BCUT2D eigenvalue weighted by Crippen LogP contribution is -2.41. The minimum atomic E-state index is -4.63. The smallest absolute Gasteiger partial charge is 0.410 e. The van der Waals surface area contributed by atoms with Gasteiger partial charge in [-0.25, -0.2) is 31.3 Å². The molecule has 268 valence electrons. The highest BCUT2D eigenvalue weighted by atomic mass is 127. The van der Waals surface area contributed by atoms with Crippen LogP contribution in [0.2, 0.25) is 0 Å². The third-order valence-corrected chi connectivity index (χ3v) is 12.3. The molecule has 0 saturated carbocycles. The van der Waals surface area contributed by atoms with E-state index in [4.69, 9.17) is 14.2 Å². The molecule has 3 aromatic rings. The molecule has 1 amide bonds. The van der Waals surface area contributed by atoms with E-state index in [2.05, 4.69) is 19.9 Å². The molecule has 1 fully saturated rings. The van der Waals surface area contributed by atoms with Gasteiger partial charge in [0.15, 0.2) is 12.5 Å². The third-order valence-electron chi connectivity index (χ3n) is 7.83. The zero-order valence-corrected chi connectivity index (χ0v) is 32.1. The maximum Gasteiger partial charge on any atom is 0.410 e. The number of aliphatic imine (C=N–C) groups is 1. The fourth-order valence-corrected chi connectivity index (χ4v) is 9.98. The van der Waals surface area contributed by atoms with Gasteiger partial charge >= 0.3 is 6.09 Å². The van der Waals surface area contributed by atoms with E-state index in [0.717, 1.165) is 0 Å². The number of sulfonamides is 2. The quantitative estimate of drug-likeness (QED) is 0.244. The summed E-state index contributed by atoms with van der Waals surface area (Å²) in [7, 11) is -6.07. The van der Waals surface area contributed by atoms with Crippen molar-refractivity contribution < 1.29 is 35.8 Å². The number of ether oxygens (including phenoxy) is 3.